The highest BCUT2D eigenvalue weighted by Gasteiger charge is 2.17. The molecule has 4 heteroatoms. The maximum Gasteiger partial charge on any atom is 0.338 e. The van der Waals surface area contributed by atoms with Crippen molar-refractivity contribution in [2.24, 2.45) is 7.05 Å². The average molecular weight is 268 g/mol. The van der Waals surface area contributed by atoms with E-state index in [1.165, 1.54) is 0 Å². The second kappa shape index (κ2) is 3.38. The molecule has 1 aromatic heterocycles. The SMILES string of the molecule is Cc1c(C(=O)O)c2ccc(Br)cc2n1C. The number of hydrogen-bond donors (Lipinski definition) is 1. The predicted octanol–water partition coefficient (Wildman–Crippen LogP) is 2.95. The fourth-order valence-corrected chi connectivity index (χ4v) is 2.16. The van der Waals surface area contributed by atoms with Gasteiger partial charge in [-0.05, 0) is 19.1 Å². The van der Waals surface area contributed by atoms with E-state index in [1.54, 1.807) is 0 Å². The van der Waals surface area contributed by atoms with Crippen LogP contribution in [0.15, 0.2) is 22.7 Å². The quantitative estimate of drug-likeness (QED) is 0.863. The number of carbonyl (C=O) groups is 1. The fraction of sp³-hybridized carbons (Fsp3) is 0.182. The molecule has 78 valence electrons. The van der Waals surface area contributed by atoms with E-state index in [0.29, 0.717) is 5.56 Å². The Hall–Kier alpha value is -1.29. The van der Waals surface area contributed by atoms with Gasteiger partial charge in [-0.25, -0.2) is 4.79 Å². The zero-order valence-corrected chi connectivity index (χ0v) is 10.00. The normalized spacial score (nSPS) is 10.9. The lowest BCUT2D eigenvalue weighted by Crippen LogP contribution is -1.99. The van der Waals surface area contributed by atoms with Crippen molar-refractivity contribution in [3.8, 4) is 0 Å². The topological polar surface area (TPSA) is 42.2 Å². The molecule has 0 saturated heterocycles. The minimum Gasteiger partial charge on any atom is -0.478 e. The molecule has 0 radical (unpaired) electrons. The molecule has 0 aliphatic carbocycles. The first kappa shape index (κ1) is 10.2. The van der Waals surface area contributed by atoms with Crippen LogP contribution in [0.5, 0.6) is 0 Å². The monoisotopic (exact) mass is 267 g/mol. The van der Waals surface area contributed by atoms with E-state index in [1.807, 2.05) is 36.7 Å². The summed E-state index contributed by atoms with van der Waals surface area (Å²) in [5, 5.41) is 9.90. The zero-order valence-electron chi connectivity index (χ0n) is 8.41. The fourth-order valence-electron chi connectivity index (χ4n) is 1.81. The molecular weight excluding hydrogens is 258 g/mol. The van der Waals surface area contributed by atoms with Gasteiger partial charge in [0.05, 0.1) is 5.56 Å². The van der Waals surface area contributed by atoms with Crippen molar-refractivity contribution in [1.82, 2.24) is 4.57 Å². The number of rotatable bonds is 1. The van der Waals surface area contributed by atoms with E-state index in [-0.39, 0.29) is 0 Å². The largest absolute Gasteiger partial charge is 0.478 e. The lowest BCUT2D eigenvalue weighted by Gasteiger charge is -1.98. The Balaban J connectivity index is 2.93. The number of nitrogens with zero attached hydrogens (tertiary/aromatic N) is 1. The second-order valence-electron chi connectivity index (χ2n) is 3.49. The third kappa shape index (κ3) is 1.45. The average Bonchev–Trinajstić information content (AvgIpc) is 2.41. The molecule has 1 heterocycles. The summed E-state index contributed by atoms with van der Waals surface area (Å²) in [6, 6.07) is 5.61. The van der Waals surface area contributed by atoms with Gasteiger partial charge in [0.25, 0.3) is 0 Å². The Morgan fingerprint density at radius 3 is 2.73 bits per heavy atom. The van der Waals surface area contributed by atoms with E-state index >= 15 is 0 Å². The number of aromatic carboxylic acids is 1. The van der Waals surface area contributed by atoms with Crippen LogP contribution in [-0.4, -0.2) is 15.6 Å². The van der Waals surface area contributed by atoms with Crippen molar-refractivity contribution in [1.29, 1.82) is 0 Å². The van der Waals surface area contributed by atoms with E-state index < -0.39 is 5.97 Å². The Kier molecular flexibility index (Phi) is 2.31. The number of benzene rings is 1. The minimum absolute atomic E-state index is 0.389. The number of aryl methyl sites for hydroxylation is 1. The molecule has 3 nitrogen and oxygen atoms in total. The van der Waals surface area contributed by atoms with Gasteiger partial charge in [-0.1, -0.05) is 22.0 Å². The van der Waals surface area contributed by atoms with E-state index in [9.17, 15) is 4.79 Å². The highest BCUT2D eigenvalue weighted by Crippen LogP contribution is 2.27. The smallest absolute Gasteiger partial charge is 0.338 e. The third-order valence-corrected chi connectivity index (χ3v) is 3.16. The third-order valence-electron chi connectivity index (χ3n) is 2.67. The van der Waals surface area contributed by atoms with Crippen LogP contribution in [0.2, 0.25) is 0 Å². The molecule has 0 aliphatic heterocycles. The number of fused-ring (bicyclic) bond motifs is 1. The van der Waals surface area contributed by atoms with Gasteiger partial charge in [0.2, 0.25) is 0 Å². The Labute approximate surface area is 95.5 Å². The highest BCUT2D eigenvalue weighted by atomic mass is 79.9. The molecule has 0 bridgehead atoms. The van der Waals surface area contributed by atoms with Gasteiger partial charge >= 0.3 is 5.97 Å². The summed E-state index contributed by atoms with van der Waals surface area (Å²) in [7, 11) is 1.87. The van der Waals surface area contributed by atoms with Crippen LogP contribution in [0.25, 0.3) is 10.9 Å². The van der Waals surface area contributed by atoms with Gasteiger partial charge in [-0.15, -0.1) is 0 Å². The van der Waals surface area contributed by atoms with Gasteiger partial charge in [-0.3, -0.25) is 0 Å². The Bertz CT molecular complexity index is 557. The zero-order chi connectivity index (χ0) is 11.2. The number of aromatic nitrogens is 1. The van der Waals surface area contributed by atoms with Gasteiger partial charge in [0.1, 0.15) is 0 Å². The van der Waals surface area contributed by atoms with Gasteiger partial charge in [0, 0.05) is 28.1 Å². The molecule has 2 rings (SSSR count). The van der Waals surface area contributed by atoms with Gasteiger partial charge in [0.15, 0.2) is 0 Å². The van der Waals surface area contributed by atoms with Gasteiger partial charge in [-0.2, -0.15) is 0 Å². The molecular formula is C11H10BrNO2. The second-order valence-corrected chi connectivity index (χ2v) is 4.40. The van der Waals surface area contributed by atoms with Crippen molar-refractivity contribution < 1.29 is 9.90 Å². The van der Waals surface area contributed by atoms with Crippen LogP contribution in [0.4, 0.5) is 0 Å². The van der Waals surface area contributed by atoms with Crippen LogP contribution in [0.1, 0.15) is 16.1 Å². The van der Waals surface area contributed by atoms with Crippen LogP contribution < -0.4 is 0 Å². The minimum atomic E-state index is -0.875. The number of halogens is 1. The van der Waals surface area contributed by atoms with Crippen molar-refractivity contribution in [2.45, 2.75) is 6.92 Å². The molecule has 0 spiro atoms. The summed E-state index contributed by atoms with van der Waals surface area (Å²) in [5.74, 6) is -0.875. The molecule has 1 N–H and O–H groups in total. The highest BCUT2D eigenvalue weighted by molar-refractivity contribution is 9.10. The maximum atomic E-state index is 11.1. The number of carboxylic acids is 1. The molecule has 0 fully saturated rings. The molecule has 0 amide bonds. The summed E-state index contributed by atoms with van der Waals surface area (Å²) in [6.45, 7) is 1.82. The molecule has 0 atom stereocenters. The number of carboxylic acid groups (broad SMARTS) is 1. The van der Waals surface area contributed by atoms with Crippen LogP contribution >= 0.6 is 15.9 Å². The molecule has 0 saturated carbocycles. The van der Waals surface area contributed by atoms with Crippen LogP contribution in [0, 0.1) is 6.92 Å². The predicted molar refractivity (Wildman–Crippen MR) is 62.3 cm³/mol. The molecule has 0 unspecified atom stereocenters. The van der Waals surface area contributed by atoms with E-state index in [4.69, 9.17) is 5.11 Å². The summed E-state index contributed by atoms with van der Waals surface area (Å²) < 4.78 is 2.84. The van der Waals surface area contributed by atoms with Crippen LogP contribution in [-0.2, 0) is 7.05 Å². The van der Waals surface area contributed by atoms with E-state index in [0.717, 1.165) is 21.1 Å². The Morgan fingerprint density at radius 1 is 1.47 bits per heavy atom. The molecule has 15 heavy (non-hydrogen) atoms. The number of hydrogen-bond acceptors (Lipinski definition) is 1. The van der Waals surface area contributed by atoms with Crippen molar-refractivity contribution >= 4 is 32.8 Å². The summed E-state index contributed by atoms with van der Waals surface area (Å²) in [6.07, 6.45) is 0. The first-order valence-corrected chi connectivity index (χ1v) is 5.29. The van der Waals surface area contributed by atoms with Crippen LogP contribution in [0.3, 0.4) is 0 Å². The lowest BCUT2D eigenvalue weighted by atomic mass is 10.1. The lowest BCUT2D eigenvalue weighted by molar-refractivity contribution is 0.0698. The maximum absolute atomic E-state index is 11.1. The first-order chi connectivity index (χ1) is 7.02. The standard InChI is InChI=1S/C11H10BrNO2/c1-6-10(11(14)15)8-4-3-7(12)5-9(8)13(6)2/h3-5H,1-2H3,(H,14,15). The molecule has 2 aromatic rings. The summed E-state index contributed by atoms with van der Waals surface area (Å²) in [4.78, 5) is 11.1. The van der Waals surface area contributed by atoms with Gasteiger partial charge < -0.3 is 9.67 Å². The molecule has 1 aromatic carbocycles. The van der Waals surface area contributed by atoms with Crippen molar-refractivity contribution in [3.05, 3.63) is 33.9 Å². The van der Waals surface area contributed by atoms with Crippen molar-refractivity contribution in [2.75, 3.05) is 0 Å². The van der Waals surface area contributed by atoms with Crippen molar-refractivity contribution in [3.63, 3.8) is 0 Å². The summed E-state index contributed by atoms with van der Waals surface area (Å²) >= 11 is 3.38. The first-order valence-electron chi connectivity index (χ1n) is 4.50. The molecule has 0 aliphatic rings. The summed E-state index contributed by atoms with van der Waals surface area (Å²) in [5.41, 5.74) is 2.09. The van der Waals surface area contributed by atoms with E-state index in [2.05, 4.69) is 15.9 Å². The Morgan fingerprint density at radius 2 is 2.13 bits per heavy atom.